The van der Waals surface area contributed by atoms with Crippen molar-refractivity contribution >= 4 is 11.8 Å². The molecule has 0 aliphatic carbocycles. The highest BCUT2D eigenvalue weighted by molar-refractivity contribution is 5.95. The number of amides is 2. The van der Waals surface area contributed by atoms with E-state index in [0.717, 1.165) is 5.56 Å². The van der Waals surface area contributed by atoms with Crippen LogP contribution in [0.25, 0.3) is 0 Å². The Morgan fingerprint density at radius 2 is 2.10 bits per heavy atom. The SMILES string of the molecule is O=C1CN(CCc2ncon2)C(=O)C(c2ccccc2)N1. The van der Waals surface area contributed by atoms with Crippen LogP contribution in [0, 0.1) is 0 Å². The fraction of sp³-hybridized carbons (Fsp3) is 0.286. The average molecular weight is 286 g/mol. The van der Waals surface area contributed by atoms with Crippen LogP contribution in [0.2, 0.25) is 0 Å². The Morgan fingerprint density at radius 3 is 2.81 bits per heavy atom. The van der Waals surface area contributed by atoms with Crippen LogP contribution in [-0.4, -0.2) is 39.9 Å². The molecule has 1 saturated heterocycles. The van der Waals surface area contributed by atoms with Crippen molar-refractivity contribution in [2.24, 2.45) is 0 Å². The Labute approximate surface area is 120 Å². The third-order valence-corrected chi connectivity index (χ3v) is 3.34. The van der Waals surface area contributed by atoms with Crippen molar-refractivity contribution in [1.82, 2.24) is 20.4 Å². The highest BCUT2D eigenvalue weighted by Crippen LogP contribution is 2.19. The van der Waals surface area contributed by atoms with Gasteiger partial charge in [-0.3, -0.25) is 9.59 Å². The third kappa shape index (κ3) is 2.91. The van der Waals surface area contributed by atoms with Crippen molar-refractivity contribution in [2.75, 3.05) is 13.1 Å². The summed E-state index contributed by atoms with van der Waals surface area (Å²) in [6.07, 6.45) is 1.70. The Kier molecular flexibility index (Phi) is 3.63. The molecule has 1 N–H and O–H groups in total. The maximum absolute atomic E-state index is 12.5. The second-order valence-corrected chi connectivity index (χ2v) is 4.77. The maximum atomic E-state index is 12.5. The number of nitrogens with zero attached hydrogens (tertiary/aromatic N) is 3. The maximum Gasteiger partial charge on any atom is 0.250 e. The zero-order valence-corrected chi connectivity index (χ0v) is 11.2. The number of piperazine rings is 1. The monoisotopic (exact) mass is 286 g/mol. The van der Waals surface area contributed by atoms with Gasteiger partial charge in [-0.15, -0.1) is 0 Å². The minimum atomic E-state index is -0.627. The molecule has 1 unspecified atom stereocenters. The largest absolute Gasteiger partial charge is 0.343 e. The van der Waals surface area contributed by atoms with E-state index in [0.29, 0.717) is 18.8 Å². The van der Waals surface area contributed by atoms with Crippen molar-refractivity contribution < 1.29 is 14.1 Å². The number of benzene rings is 1. The van der Waals surface area contributed by atoms with Crippen molar-refractivity contribution in [3.8, 4) is 0 Å². The number of carbonyl (C=O) groups excluding carboxylic acids is 2. The standard InChI is InChI=1S/C14H14N4O3/c19-12-8-18(7-6-11-15-9-21-17-11)14(20)13(16-12)10-4-2-1-3-5-10/h1-5,9,13H,6-8H2,(H,16,19). The number of carbonyl (C=O) groups is 2. The van der Waals surface area contributed by atoms with Crippen LogP contribution in [0.5, 0.6) is 0 Å². The van der Waals surface area contributed by atoms with Gasteiger partial charge in [-0.1, -0.05) is 35.5 Å². The molecule has 21 heavy (non-hydrogen) atoms. The second kappa shape index (κ2) is 5.74. The topological polar surface area (TPSA) is 88.3 Å². The van der Waals surface area contributed by atoms with E-state index < -0.39 is 6.04 Å². The molecule has 1 aromatic carbocycles. The first-order valence-electron chi connectivity index (χ1n) is 6.62. The summed E-state index contributed by atoms with van der Waals surface area (Å²) in [7, 11) is 0. The number of hydrogen-bond donors (Lipinski definition) is 1. The third-order valence-electron chi connectivity index (χ3n) is 3.34. The molecule has 1 fully saturated rings. The molecule has 1 aliphatic rings. The lowest BCUT2D eigenvalue weighted by molar-refractivity contribution is -0.144. The van der Waals surface area contributed by atoms with Crippen LogP contribution in [-0.2, 0) is 16.0 Å². The molecule has 0 saturated carbocycles. The first kappa shape index (κ1) is 13.3. The molecule has 1 aliphatic heterocycles. The molecule has 0 radical (unpaired) electrons. The van der Waals surface area contributed by atoms with Crippen LogP contribution in [0.1, 0.15) is 17.4 Å². The Hall–Kier alpha value is -2.70. The molecule has 7 heteroatoms. The van der Waals surface area contributed by atoms with E-state index in [-0.39, 0.29) is 18.4 Å². The van der Waals surface area contributed by atoms with Gasteiger partial charge in [-0.25, -0.2) is 0 Å². The lowest BCUT2D eigenvalue weighted by atomic mass is 10.0. The fourth-order valence-electron chi connectivity index (χ4n) is 2.30. The number of hydrogen-bond acceptors (Lipinski definition) is 5. The molecule has 2 amide bonds. The van der Waals surface area contributed by atoms with E-state index in [1.165, 1.54) is 11.3 Å². The fourth-order valence-corrected chi connectivity index (χ4v) is 2.30. The van der Waals surface area contributed by atoms with Gasteiger partial charge in [-0.05, 0) is 5.56 Å². The molecular formula is C14H14N4O3. The van der Waals surface area contributed by atoms with E-state index in [9.17, 15) is 9.59 Å². The summed E-state index contributed by atoms with van der Waals surface area (Å²) in [6, 6.07) is 8.57. The lowest BCUT2D eigenvalue weighted by Crippen LogP contribution is -2.53. The van der Waals surface area contributed by atoms with Gasteiger partial charge >= 0.3 is 0 Å². The van der Waals surface area contributed by atoms with Crippen LogP contribution < -0.4 is 5.32 Å². The van der Waals surface area contributed by atoms with E-state index in [1.54, 1.807) is 0 Å². The van der Waals surface area contributed by atoms with Crippen LogP contribution >= 0.6 is 0 Å². The smallest absolute Gasteiger partial charge is 0.250 e. The van der Waals surface area contributed by atoms with Crippen molar-refractivity contribution in [3.63, 3.8) is 0 Å². The summed E-state index contributed by atoms with van der Waals surface area (Å²) >= 11 is 0. The van der Waals surface area contributed by atoms with Gasteiger partial charge < -0.3 is 14.7 Å². The van der Waals surface area contributed by atoms with Crippen molar-refractivity contribution in [2.45, 2.75) is 12.5 Å². The summed E-state index contributed by atoms with van der Waals surface area (Å²) in [5.74, 6) is 0.228. The van der Waals surface area contributed by atoms with E-state index in [4.69, 9.17) is 0 Å². The van der Waals surface area contributed by atoms with Gasteiger partial charge in [0.2, 0.25) is 18.2 Å². The van der Waals surface area contributed by atoms with E-state index in [2.05, 4.69) is 20.0 Å². The van der Waals surface area contributed by atoms with Gasteiger partial charge in [0, 0.05) is 13.0 Å². The molecule has 2 aromatic rings. The zero-order valence-electron chi connectivity index (χ0n) is 11.2. The zero-order chi connectivity index (χ0) is 14.7. The minimum Gasteiger partial charge on any atom is -0.343 e. The molecule has 0 bridgehead atoms. The molecule has 108 valence electrons. The highest BCUT2D eigenvalue weighted by atomic mass is 16.5. The number of aromatic nitrogens is 2. The molecule has 1 atom stereocenters. The van der Waals surface area contributed by atoms with Gasteiger partial charge in [0.25, 0.3) is 0 Å². The van der Waals surface area contributed by atoms with Crippen LogP contribution in [0.3, 0.4) is 0 Å². The second-order valence-electron chi connectivity index (χ2n) is 4.77. The summed E-state index contributed by atoms with van der Waals surface area (Å²) < 4.78 is 4.65. The van der Waals surface area contributed by atoms with Gasteiger partial charge in [-0.2, -0.15) is 4.98 Å². The van der Waals surface area contributed by atoms with E-state index >= 15 is 0 Å². The summed E-state index contributed by atoms with van der Waals surface area (Å²) in [6.45, 7) is 0.440. The van der Waals surface area contributed by atoms with Gasteiger partial charge in [0.15, 0.2) is 5.82 Å². The first-order chi connectivity index (χ1) is 10.2. The van der Waals surface area contributed by atoms with Crippen LogP contribution in [0.15, 0.2) is 41.2 Å². The Balaban J connectivity index is 1.72. The Bertz CT molecular complexity index is 627. The predicted octanol–water partition coefficient (Wildman–Crippen LogP) is 0.312. The molecule has 0 spiro atoms. The average Bonchev–Trinajstić information content (AvgIpc) is 3.02. The molecule has 2 heterocycles. The normalized spacial score (nSPS) is 18.7. The summed E-state index contributed by atoms with van der Waals surface area (Å²) in [5, 5.41) is 6.42. The summed E-state index contributed by atoms with van der Waals surface area (Å²) in [5.41, 5.74) is 0.778. The first-order valence-corrected chi connectivity index (χ1v) is 6.62. The highest BCUT2D eigenvalue weighted by Gasteiger charge is 2.33. The van der Waals surface area contributed by atoms with Crippen molar-refractivity contribution in [1.29, 1.82) is 0 Å². The molecular weight excluding hydrogens is 272 g/mol. The quantitative estimate of drug-likeness (QED) is 0.874. The number of nitrogens with one attached hydrogen (secondary N) is 1. The van der Waals surface area contributed by atoms with Crippen LogP contribution in [0.4, 0.5) is 0 Å². The van der Waals surface area contributed by atoms with E-state index in [1.807, 2.05) is 30.3 Å². The number of rotatable bonds is 4. The predicted molar refractivity (Wildman–Crippen MR) is 71.9 cm³/mol. The van der Waals surface area contributed by atoms with Gasteiger partial charge in [0.1, 0.15) is 6.04 Å². The summed E-state index contributed by atoms with van der Waals surface area (Å²) in [4.78, 5) is 29.7. The molecule has 7 nitrogen and oxygen atoms in total. The lowest BCUT2D eigenvalue weighted by Gasteiger charge is -2.32. The molecule has 1 aromatic heterocycles. The molecule has 3 rings (SSSR count). The Morgan fingerprint density at radius 1 is 1.29 bits per heavy atom. The van der Waals surface area contributed by atoms with Gasteiger partial charge in [0.05, 0.1) is 6.54 Å². The minimum absolute atomic E-state index is 0.0556. The van der Waals surface area contributed by atoms with Crippen molar-refractivity contribution in [3.05, 3.63) is 48.1 Å².